The third-order valence-electron chi connectivity index (χ3n) is 4.68. The van der Waals surface area contributed by atoms with E-state index in [1.807, 2.05) is 39.0 Å². The van der Waals surface area contributed by atoms with Crippen molar-refractivity contribution in [2.24, 2.45) is 0 Å². The van der Waals surface area contributed by atoms with Crippen LogP contribution in [0.5, 0.6) is 5.88 Å². The standard InChI is InChI=1S/C22H29N3O3/c1-22(2,3)28-21(26)23-14-16-8-5-7-15-13-17(11-12-18(15)16)24-19-9-6-10-20(25-19)27-4/h6,9-13,16H,5,7-8,14H2,1-4H3,(H,23,26)(H,24,25)/t16-/m0/s1. The third-order valence-corrected chi connectivity index (χ3v) is 4.68. The number of fused-ring (bicyclic) bond motifs is 1. The van der Waals surface area contributed by atoms with Crippen LogP contribution in [0.4, 0.5) is 16.3 Å². The molecule has 0 aliphatic heterocycles. The zero-order chi connectivity index (χ0) is 20.1. The van der Waals surface area contributed by atoms with E-state index in [0.29, 0.717) is 18.3 Å². The topological polar surface area (TPSA) is 72.5 Å². The minimum absolute atomic E-state index is 0.306. The number of aryl methyl sites for hydroxylation is 1. The van der Waals surface area contributed by atoms with Gasteiger partial charge in [-0.1, -0.05) is 12.1 Å². The molecule has 0 bridgehead atoms. The molecule has 1 aromatic heterocycles. The fraction of sp³-hybridized carbons (Fsp3) is 0.455. The van der Waals surface area contributed by atoms with Gasteiger partial charge in [0.25, 0.3) is 0 Å². The number of nitrogens with zero attached hydrogens (tertiary/aromatic N) is 1. The Morgan fingerprint density at radius 2 is 2.07 bits per heavy atom. The number of hydrogen-bond donors (Lipinski definition) is 2. The average molecular weight is 383 g/mol. The van der Waals surface area contributed by atoms with Crippen molar-refractivity contribution in [3.05, 3.63) is 47.5 Å². The first-order chi connectivity index (χ1) is 13.3. The molecule has 3 rings (SSSR count). The van der Waals surface area contributed by atoms with Crippen molar-refractivity contribution in [1.82, 2.24) is 10.3 Å². The molecule has 150 valence electrons. The second-order valence-electron chi connectivity index (χ2n) is 8.08. The van der Waals surface area contributed by atoms with Crippen molar-refractivity contribution in [2.75, 3.05) is 19.0 Å². The highest BCUT2D eigenvalue weighted by atomic mass is 16.6. The Kier molecular flexibility index (Phi) is 6.07. The maximum atomic E-state index is 12.0. The summed E-state index contributed by atoms with van der Waals surface area (Å²) in [5.74, 6) is 1.63. The minimum Gasteiger partial charge on any atom is -0.481 e. The molecule has 0 saturated carbocycles. The summed E-state index contributed by atoms with van der Waals surface area (Å²) in [5.41, 5.74) is 3.13. The highest BCUT2D eigenvalue weighted by Crippen LogP contribution is 2.33. The zero-order valence-corrected chi connectivity index (χ0v) is 17.0. The number of alkyl carbamates (subject to hydrolysis) is 1. The SMILES string of the molecule is COc1cccc(Nc2ccc3c(c2)CCC[C@H]3CNC(=O)OC(C)(C)C)n1. The van der Waals surface area contributed by atoms with Gasteiger partial charge in [-0.05, 0) is 69.4 Å². The number of aromatic nitrogens is 1. The van der Waals surface area contributed by atoms with Gasteiger partial charge in [0.15, 0.2) is 0 Å². The van der Waals surface area contributed by atoms with Crippen LogP contribution in [0.1, 0.15) is 50.7 Å². The van der Waals surface area contributed by atoms with Gasteiger partial charge >= 0.3 is 6.09 Å². The first-order valence-corrected chi connectivity index (χ1v) is 9.72. The number of ether oxygens (including phenoxy) is 2. The van der Waals surface area contributed by atoms with Crippen LogP contribution in [0.3, 0.4) is 0 Å². The molecular formula is C22H29N3O3. The number of pyridine rings is 1. The molecule has 6 heteroatoms. The maximum absolute atomic E-state index is 12.0. The Morgan fingerprint density at radius 3 is 2.82 bits per heavy atom. The number of anilines is 2. The monoisotopic (exact) mass is 383 g/mol. The van der Waals surface area contributed by atoms with Gasteiger partial charge in [0.05, 0.1) is 7.11 Å². The molecular weight excluding hydrogens is 354 g/mol. The van der Waals surface area contributed by atoms with Gasteiger partial charge in [0.1, 0.15) is 11.4 Å². The lowest BCUT2D eigenvalue weighted by molar-refractivity contribution is 0.0523. The molecule has 1 heterocycles. The van der Waals surface area contributed by atoms with E-state index < -0.39 is 5.60 Å². The summed E-state index contributed by atoms with van der Waals surface area (Å²) in [7, 11) is 1.61. The van der Waals surface area contributed by atoms with Crippen molar-refractivity contribution in [2.45, 2.75) is 51.6 Å². The summed E-state index contributed by atoms with van der Waals surface area (Å²) in [6.45, 7) is 6.20. The molecule has 0 radical (unpaired) electrons. The Bertz CT molecular complexity index is 830. The lowest BCUT2D eigenvalue weighted by Crippen LogP contribution is -2.35. The van der Waals surface area contributed by atoms with Crippen molar-refractivity contribution in [1.29, 1.82) is 0 Å². The molecule has 0 saturated heterocycles. The molecule has 1 atom stereocenters. The zero-order valence-electron chi connectivity index (χ0n) is 17.0. The van der Waals surface area contributed by atoms with Crippen LogP contribution in [0.25, 0.3) is 0 Å². The Balaban J connectivity index is 1.67. The number of rotatable bonds is 5. The van der Waals surface area contributed by atoms with E-state index in [9.17, 15) is 4.79 Å². The molecule has 28 heavy (non-hydrogen) atoms. The quantitative estimate of drug-likeness (QED) is 0.777. The molecule has 0 fully saturated rings. The fourth-order valence-electron chi connectivity index (χ4n) is 3.47. The van der Waals surface area contributed by atoms with Crippen LogP contribution in [0, 0.1) is 0 Å². The normalized spacial score (nSPS) is 16.1. The van der Waals surface area contributed by atoms with Crippen molar-refractivity contribution >= 4 is 17.6 Å². The van der Waals surface area contributed by atoms with Gasteiger partial charge in [0.2, 0.25) is 5.88 Å². The molecule has 1 aliphatic rings. The number of hydrogen-bond acceptors (Lipinski definition) is 5. The molecule has 0 spiro atoms. The van der Waals surface area contributed by atoms with Gasteiger partial charge in [0, 0.05) is 24.2 Å². The Labute approximate surface area is 166 Å². The van der Waals surface area contributed by atoms with Crippen LogP contribution in [0.15, 0.2) is 36.4 Å². The summed E-state index contributed by atoms with van der Waals surface area (Å²) < 4.78 is 10.5. The lowest BCUT2D eigenvalue weighted by Gasteiger charge is -2.27. The van der Waals surface area contributed by atoms with E-state index in [1.165, 1.54) is 11.1 Å². The largest absolute Gasteiger partial charge is 0.481 e. The summed E-state index contributed by atoms with van der Waals surface area (Å²) in [6, 6.07) is 12.0. The van der Waals surface area contributed by atoms with Crippen LogP contribution in [-0.2, 0) is 11.2 Å². The highest BCUT2D eigenvalue weighted by Gasteiger charge is 2.22. The third kappa shape index (κ3) is 5.38. The van der Waals surface area contributed by atoms with Gasteiger partial charge in [-0.3, -0.25) is 0 Å². The van der Waals surface area contributed by atoms with Crippen molar-refractivity contribution < 1.29 is 14.3 Å². The number of methoxy groups -OCH3 is 1. The summed E-state index contributed by atoms with van der Waals surface area (Å²) >= 11 is 0. The number of nitrogens with one attached hydrogen (secondary N) is 2. The van der Waals surface area contributed by atoms with Crippen molar-refractivity contribution in [3.8, 4) is 5.88 Å². The first kappa shape index (κ1) is 20.0. The van der Waals surface area contributed by atoms with E-state index in [2.05, 4.69) is 33.8 Å². The van der Waals surface area contributed by atoms with Crippen LogP contribution < -0.4 is 15.4 Å². The number of amides is 1. The molecule has 1 aromatic carbocycles. The second-order valence-corrected chi connectivity index (χ2v) is 8.08. The van der Waals surface area contributed by atoms with Crippen LogP contribution in [0.2, 0.25) is 0 Å². The number of carbonyl (C=O) groups excluding carboxylic acids is 1. The van der Waals surface area contributed by atoms with E-state index in [1.54, 1.807) is 7.11 Å². The van der Waals surface area contributed by atoms with E-state index in [0.717, 1.165) is 30.8 Å². The second kappa shape index (κ2) is 8.50. The molecule has 0 unspecified atom stereocenters. The predicted molar refractivity (Wildman–Crippen MR) is 110 cm³/mol. The first-order valence-electron chi connectivity index (χ1n) is 9.72. The van der Waals surface area contributed by atoms with Crippen LogP contribution in [-0.4, -0.2) is 30.3 Å². The summed E-state index contributed by atoms with van der Waals surface area (Å²) in [5, 5.41) is 6.25. The van der Waals surface area contributed by atoms with Crippen molar-refractivity contribution in [3.63, 3.8) is 0 Å². The number of benzene rings is 1. The van der Waals surface area contributed by atoms with Gasteiger partial charge in [-0.2, -0.15) is 4.98 Å². The maximum Gasteiger partial charge on any atom is 0.407 e. The van der Waals surface area contributed by atoms with Crippen LogP contribution >= 0.6 is 0 Å². The molecule has 6 nitrogen and oxygen atoms in total. The molecule has 2 aromatic rings. The van der Waals surface area contributed by atoms with Gasteiger partial charge < -0.3 is 20.1 Å². The molecule has 2 N–H and O–H groups in total. The number of carbonyl (C=O) groups is 1. The predicted octanol–water partition coefficient (Wildman–Crippen LogP) is 4.78. The van der Waals surface area contributed by atoms with Gasteiger partial charge in [-0.15, -0.1) is 0 Å². The fourth-order valence-corrected chi connectivity index (χ4v) is 3.47. The Hall–Kier alpha value is -2.76. The van der Waals surface area contributed by atoms with E-state index in [4.69, 9.17) is 9.47 Å². The molecule has 1 amide bonds. The van der Waals surface area contributed by atoms with E-state index in [-0.39, 0.29) is 6.09 Å². The molecule has 1 aliphatic carbocycles. The summed E-state index contributed by atoms with van der Waals surface area (Å²) in [6.07, 6.45) is 2.85. The average Bonchev–Trinajstić information content (AvgIpc) is 2.65. The minimum atomic E-state index is -0.483. The summed E-state index contributed by atoms with van der Waals surface area (Å²) in [4.78, 5) is 16.4. The van der Waals surface area contributed by atoms with E-state index >= 15 is 0 Å². The Morgan fingerprint density at radius 1 is 1.25 bits per heavy atom. The highest BCUT2D eigenvalue weighted by molar-refractivity contribution is 5.68. The smallest absolute Gasteiger partial charge is 0.407 e. The van der Waals surface area contributed by atoms with Gasteiger partial charge in [-0.25, -0.2) is 4.79 Å². The lowest BCUT2D eigenvalue weighted by atomic mass is 9.82.